The van der Waals surface area contributed by atoms with Crippen LogP contribution in [0.5, 0.6) is 0 Å². The maximum atomic E-state index is 9.84. The molecule has 3 atom stereocenters. The normalized spacial score (nSPS) is 23.2. The summed E-state index contributed by atoms with van der Waals surface area (Å²) in [6.45, 7) is 0. The summed E-state index contributed by atoms with van der Waals surface area (Å²) in [6, 6.07) is 35.8. The van der Waals surface area contributed by atoms with Crippen LogP contribution in [0, 0.1) is 28.6 Å². The van der Waals surface area contributed by atoms with Crippen molar-refractivity contribution in [2.45, 2.75) is 37.3 Å². The molecular formula is C34H26N4. The molecule has 7 rings (SSSR count). The molecule has 3 aliphatic rings. The van der Waals surface area contributed by atoms with Gasteiger partial charge in [-0.25, -0.2) is 0 Å². The molecular weight excluding hydrogens is 464 g/mol. The summed E-state index contributed by atoms with van der Waals surface area (Å²) >= 11 is 0. The van der Waals surface area contributed by atoms with Crippen molar-refractivity contribution < 1.29 is 0 Å². The van der Waals surface area contributed by atoms with Gasteiger partial charge in [0.2, 0.25) is 0 Å². The molecule has 1 fully saturated rings. The molecule has 4 aromatic rings. The lowest BCUT2D eigenvalue weighted by Crippen LogP contribution is -2.55. The van der Waals surface area contributed by atoms with Crippen molar-refractivity contribution in [3.8, 4) is 12.1 Å². The van der Waals surface area contributed by atoms with E-state index in [-0.39, 0.29) is 11.5 Å². The summed E-state index contributed by atoms with van der Waals surface area (Å²) in [6.07, 6.45) is 6.82. The van der Waals surface area contributed by atoms with Gasteiger partial charge < -0.3 is 4.90 Å². The van der Waals surface area contributed by atoms with E-state index in [1.165, 1.54) is 12.0 Å². The smallest absolute Gasteiger partial charge is 0.140 e. The Morgan fingerprint density at radius 1 is 0.842 bits per heavy atom. The van der Waals surface area contributed by atoms with Gasteiger partial charge in [-0.1, -0.05) is 97.4 Å². The lowest BCUT2D eigenvalue weighted by Gasteiger charge is -2.53. The Labute approximate surface area is 222 Å². The average molecular weight is 491 g/mol. The molecule has 38 heavy (non-hydrogen) atoms. The Morgan fingerprint density at radius 2 is 1.53 bits per heavy atom. The molecule has 0 radical (unpaired) electrons. The standard InChI is InChI=1S/C34H26N4/c35-21-25(22-36)28-19-32-33(27-16-8-7-15-26(27)28)37-34-18-10-9-17-30(34)29(23-11-3-1-4-12-23)20-31(38(32)34)24-13-5-2-6-14-24/h1-8,11-16,19-20,29-30H,9-10,17-18H2/t29-,30-,34-/m1/s1. The third-order valence-electron chi connectivity index (χ3n) is 8.59. The van der Waals surface area contributed by atoms with Crippen molar-refractivity contribution in [3.05, 3.63) is 119 Å². The number of hydrogen-bond acceptors (Lipinski definition) is 4. The second kappa shape index (κ2) is 8.72. The third-order valence-corrected chi connectivity index (χ3v) is 8.59. The Morgan fingerprint density at radius 3 is 2.26 bits per heavy atom. The molecule has 1 aliphatic carbocycles. The maximum Gasteiger partial charge on any atom is 0.140 e. The fourth-order valence-electron chi connectivity index (χ4n) is 7.02. The third kappa shape index (κ3) is 3.17. The van der Waals surface area contributed by atoms with Crippen LogP contribution in [-0.4, -0.2) is 5.66 Å². The maximum absolute atomic E-state index is 9.84. The molecule has 0 bridgehead atoms. The van der Waals surface area contributed by atoms with Gasteiger partial charge in [0.1, 0.15) is 23.4 Å². The van der Waals surface area contributed by atoms with Gasteiger partial charge >= 0.3 is 0 Å². The van der Waals surface area contributed by atoms with E-state index >= 15 is 0 Å². The first-order valence-corrected chi connectivity index (χ1v) is 13.3. The van der Waals surface area contributed by atoms with Crippen LogP contribution >= 0.6 is 0 Å². The van der Waals surface area contributed by atoms with Crippen molar-refractivity contribution in [2.75, 3.05) is 4.90 Å². The topological polar surface area (TPSA) is 63.2 Å². The molecule has 1 spiro atoms. The SMILES string of the molecule is N#CC(C#N)=c1cc2c(c3ccccc13)=N[C@@]13CCCC[C@@H]1[C@@H](c1ccccc1)C=C(c1ccccc1)N23. The molecule has 0 amide bonds. The van der Waals surface area contributed by atoms with Crippen LogP contribution in [0.15, 0.2) is 102 Å². The van der Waals surface area contributed by atoms with E-state index in [0.717, 1.165) is 52.3 Å². The number of nitriles is 2. The molecule has 4 heteroatoms. The molecule has 1 saturated carbocycles. The van der Waals surface area contributed by atoms with E-state index in [4.69, 9.17) is 4.99 Å². The lowest BCUT2D eigenvalue weighted by atomic mass is 9.66. The van der Waals surface area contributed by atoms with Crippen molar-refractivity contribution >= 4 is 27.7 Å². The van der Waals surface area contributed by atoms with Gasteiger partial charge in [0.15, 0.2) is 0 Å². The predicted octanol–water partition coefficient (Wildman–Crippen LogP) is 6.20. The largest absolute Gasteiger partial charge is 0.314 e. The number of benzene rings is 4. The summed E-state index contributed by atoms with van der Waals surface area (Å²) in [4.78, 5) is 8.13. The molecule has 0 unspecified atom stereocenters. The van der Waals surface area contributed by atoms with Crippen LogP contribution in [0.2, 0.25) is 0 Å². The molecule has 0 aromatic heterocycles. The summed E-state index contributed by atoms with van der Waals surface area (Å²) in [5.74, 6) is 0.559. The van der Waals surface area contributed by atoms with Crippen molar-refractivity contribution in [1.29, 1.82) is 10.5 Å². The minimum absolute atomic E-state index is 0.134. The van der Waals surface area contributed by atoms with Crippen LogP contribution < -0.4 is 15.5 Å². The minimum atomic E-state index is -0.415. The first-order valence-electron chi connectivity index (χ1n) is 13.3. The summed E-state index contributed by atoms with van der Waals surface area (Å²) < 4.78 is 0. The Bertz CT molecular complexity index is 1790. The first kappa shape index (κ1) is 22.5. The van der Waals surface area contributed by atoms with Gasteiger partial charge in [-0.3, -0.25) is 4.99 Å². The van der Waals surface area contributed by atoms with Gasteiger partial charge in [0.25, 0.3) is 0 Å². The van der Waals surface area contributed by atoms with Crippen LogP contribution in [0.1, 0.15) is 42.7 Å². The molecule has 4 aromatic carbocycles. The molecule has 2 aliphatic heterocycles. The number of allylic oxidation sites excluding steroid dienone is 1. The summed E-state index contributed by atoms with van der Waals surface area (Å²) in [7, 11) is 0. The van der Waals surface area contributed by atoms with Gasteiger partial charge in [-0.05, 0) is 41.8 Å². The highest BCUT2D eigenvalue weighted by Crippen LogP contribution is 2.56. The van der Waals surface area contributed by atoms with Crippen LogP contribution in [-0.2, 0) is 0 Å². The summed E-state index contributed by atoms with van der Waals surface area (Å²) in [5.41, 5.74) is 4.34. The van der Waals surface area contributed by atoms with Crippen LogP contribution in [0.4, 0.5) is 5.69 Å². The van der Waals surface area contributed by atoms with Gasteiger partial charge in [0, 0.05) is 28.1 Å². The molecule has 2 heterocycles. The van der Waals surface area contributed by atoms with Crippen molar-refractivity contribution in [3.63, 3.8) is 0 Å². The number of nitrogens with zero attached hydrogens (tertiary/aromatic N) is 4. The van der Waals surface area contributed by atoms with E-state index in [2.05, 4.69) is 89.8 Å². The second-order valence-corrected chi connectivity index (χ2v) is 10.5. The second-order valence-electron chi connectivity index (χ2n) is 10.5. The summed E-state index contributed by atoms with van der Waals surface area (Å²) in [5, 5.41) is 23.2. The zero-order valence-electron chi connectivity index (χ0n) is 21.0. The quantitative estimate of drug-likeness (QED) is 0.336. The number of rotatable bonds is 2. The zero-order valence-corrected chi connectivity index (χ0v) is 21.0. The van der Waals surface area contributed by atoms with Gasteiger partial charge in [-0.2, -0.15) is 10.5 Å². The molecule has 4 nitrogen and oxygen atoms in total. The van der Waals surface area contributed by atoms with Gasteiger partial charge in [0.05, 0.1) is 11.0 Å². The Balaban J connectivity index is 1.60. The molecule has 182 valence electrons. The van der Waals surface area contributed by atoms with Gasteiger partial charge in [-0.15, -0.1) is 0 Å². The minimum Gasteiger partial charge on any atom is -0.314 e. The highest BCUT2D eigenvalue weighted by Gasteiger charge is 2.55. The number of fused-ring (bicyclic) bond motifs is 4. The van der Waals surface area contributed by atoms with E-state index in [9.17, 15) is 10.5 Å². The Hall–Kier alpha value is -4.67. The van der Waals surface area contributed by atoms with E-state index < -0.39 is 5.66 Å². The lowest BCUT2D eigenvalue weighted by molar-refractivity contribution is 0.176. The fourth-order valence-corrected chi connectivity index (χ4v) is 7.02. The first-order chi connectivity index (χ1) is 18.7. The van der Waals surface area contributed by atoms with Crippen LogP contribution in [0.3, 0.4) is 0 Å². The van der Waals surface area contributed by atoms with Crippen molar-refractivity contribution in [2.24, 2.45) is 10.9 Å². The Kier molecular flexibility index (Phi) is 5.17. The molecule has 0 N–H and O–H groups in total. The number of anilines is 1. The van der Waals surface area contributed by atoms with E-state index in [1.54, 1.807) is 0 Å². The predicted molar refractivity (Wildman–Crippen MR) is 150 cm³/mol. The van der Waals surface area contributed by atoms with Crippen LogP contribution in [0.25, 0.3) is 22.0 Å². The highest BCUT2D eigenvalue weighted by molar-refractivity contribution is 5.95. The average Bonchev–Trinajstić information content (AvgIpc) is 3.32. The van der Waals surface area contributed by atoms with Crippen molar-refractivity contribution in [1.82, 2.24) is 0 Å². The number of hydrogen-bond donors (Lipinski definition) is 0. The monoisotopic (exact) mass is 490 g/mol. The fraction of sp³-hybridized carbons (Fsp3) is 0.206. The zero-order chi connectivity index (χ0) is 25.7. The molecule has 0 saturated heterocycles. The highest BCUT2D eigenvalue weighted by atomic mass is 15.4. The van der Waals surface area contributed by atoms with E-state index in [1.807, 2.05) is 24.3 Å². The van der Waals surface area contributed by atoms with E-state index in [0.29, 0.717) is 11.1 Å².